The monoisotopic (exact) mass is 247 g/mol. The molecule has 1 aromatic rings. The van der Waals surface area contributed by atoms with E-state index in [0.717, 1.165) is 17.2 Å². The van der Waals surface area contributed by atoms with E-state index in [9.17, 15) is 0 Å². The van der Waals surface area contributed by atoms with Gasteiger partial charge >= 0.3 is 0 Å². The van der Waals surface area contributed by atoms with Crippen LogP contribution in [0.25, 0.3) is 0 Å². The summed E-state index contributed by atoms with van der Waals surface area (Å²) in [6, 6.07) is 8.29. The fraction of sp³-hybridized carbons (Fsp3) is 0.625. The molecule has 2 rings (SSSR count). The van der Waals surface area contributed by atoms with Gasteiger partial charge in [-0.2, -0.15) is 0 Å². The van der Waals surface area contributed by atoms with Crippen molar-refractivity contribution in [3.05, 3.63) is 29.8 Å². The van der Waals surface area contributed by atoms with Crippen LogP contribution in [-0.2, 0) is 0 Å². The van der Waals surface area contributed by atoms with Crippen LogP contribution in [0.4, 0.5) is 0 Å². The molecular formula is C16H25NO. The lowest BCUT2D eigenvalue weighted by atomic mass is 9.86. The first-order valence-electron chi connectivity index (χ1n) is 7.21. The van der Waals surface area contributed by atoms with Crippen molar-refractivity contribution >= 4 is 0 Å². The van der Waals surface area contributed by atoms with Crippen molar-refractivity contribution < 1.29 is 4.74 Å². The minimum Gasteiger partial charge on any atom is -0.490 e. The summed E-state index contributed by atoms with van der Waals surface area (Å²) >= 11 is 0. The minimum atomic E-state index is 0.0735. The zero-order valence-electron chi connectivity index (χ0n) is 11.6. The normalized spacial score (nSPS) is 25.7. The molecule has 1 fully saturated rings. The SMILES string of the molecule is CCC1CCC(Oc2cccc(C(C)N)c2)CC1. The van der Waals surface area contributed by atoms with Crippen LogP contribution in [0, 0.1) is 5.92 Å². The summed E-state index contributed by atoms with van der Waals surface area (Å²) < 4.78 is 6.08. The number of hydrogen-bond donors (Lipinski definition) is 1. The van der Waals surface area contributed by atoms with Gasteiger partial charge in [-0.25, -0.2) is 0 Å². The zero-order valence-corrected chi connectivity index (χ0v) is 11.6. The maximum atomic E-state index is 6.08. The molecule has 0 bridgehead atoms. The lowest BCUT2D eigenvalue weighted by Gasteiger charge is -2.28. The van der Waals surface area contributed by atoms with Crippen molar-refractivity contribution in [3.63, 3.8) is 0 Å². The van der Waals surface area contributed by atoms with Crippen molar-refractivity contribution in [2.75, 3.05) is 0 Å². The third-order valence-corrected chi connectivity index (χ3v) is 4.06. The van der Waals surface area contributed by atoms with Gasteiger partial charge in [0.05, 0.1) is 6.10 Å². The van der Waals surface area contributed by atoms with Crippen molar-refractivity contribution in [2.24, 2.45) is 11.7 Å². The minimum absolute atomic E-state index is 0.0735. The summed E-state index contributed by atoms with van der Waals surface area (Å²) in [5, 5.41) is 0. The standard InChI is InChI=1S/C16H25NO/c1-3-13-7-9-15(10-8-13)18-16-6-4-5-14(11-16)12(2)17/h4-6,11-13,15H,3,7-10,17H2,1-2H3. The van der Waals surface area contributed by atoms with E-state index in [0.29, 0.717) is 6.10 Å². The molecule has 0 amide bonds. The molecule has 18 heavy (non-hydrogen) atoms. The molecule has 0 spiro atoms. The summed E-state index contributed by atoms with van der Waals surface area (Å²) in [7, 11) is 0. The largest absolute Gasteiger partial charge is 0.490 e. The van der Waals surface area contributed by atoms with Crippen LogP contribution in [0.5, 0.6) is 5.75 Å². The molecule has 0 saturated heterocycles. The van der Waals surface area contributed by atoms with Gasteiger partial charge in [0.1, 0.15) is 5.75 Å². The quantitative estimate of drug-likeness (QED) is 0.871. The van der Waals surface area contributed by atoms with Crippen LogP contribution in [0.2, 0.25) is 0 Å². The van der Waals surface area contributed by atoms with Gasteiger partial charge in [-0.1, -0.05) is 25.5 Å². The molecule has 1 atom stereocenters. The maximum absolute atomic E-state index is 6.08. The van der Waals surface area contributed by atoms with Crippen molar-refractivity contribution in [3.8, 4) is 5.75 Å². The first-order valence-corrected chi connectivity index (χ1v) is 7.21. The van der Waals surface area contributed by atoms with Gasteiger partial charge in [-0.15, -0.1) is 0 Å². The van der Waals surface area contributed by atoms with Gasteiger partial charge in [0.2, 0.25) is 0 Å². The predicted molar refractivity (Wildman–Crippen MR) is 75.7 cm³/mol. The maximum Gasteiger partial charge on any atom is 0.120 e. The molecule has 2 N–H and O–H groups in total. The lowest BCUT2D eigenvalue weighted by Crippen LogP contribution is -2.24. The lowest BCUT2D eigenvalue weighted by molar-refractivity contribution is 0.130. The molecule has 1 unspecified atom stereocenters. The molecule has 0 radical (unpaired) electrons. The van der Waals surface area contributed by atoms with Gasteiger partial charge in [-0.3, -0.25) is 0 Å². The molecule has 2 heteroatoms. The second-order valence-electron chi connectivity index (χ2n) is 5.53. The fourth-order valence-corrected chi connectivity index (χ4v) is 2.72. The summed E-state index contributed by atoms with van der Waals surface area (Å²) in [6.45, 7) is 4.30. The van der Waals surface area contributed by atoms with Gasteiger partial charge in [0.25, 0.3) is 0 Å². The first-order chi connectivity index (χ1) is 8.69. The Morgan fingerprint density at radius 2 is 2.00 bits per heavy atom. The second kappa shape index (κ2) is 6.24. The summed E-state index contributed by atoms with van der Waals surface area (Å²) in [5.41, 5.74) is 7.04. The first kappa shape index (κ1) is 13.4. The van der Waals surface area contributed by atoms with Gasteiger partial charge in [0, 0.05) is 6.04 Å². The highest BCUT2D eigenvalue weighted by Gasteiger charge is 2.21. The van der Waals surface area contributed by atoms with Crippen molar-refractivity contribution in [1.82, 2.24) is 0 Å². The highest BCUT2D eigenvalue weighted by atomic mass is 16.5. The number of rotatable bonds is 4. The van der Waals surface area contributed by atoms with E-state index in [4.69, 9.17) is 10.5 Å². The molecule has 1 saturated carbocycles. The Kier molecular flexibility index (Phi) is 4.65. The Morgan fingerprint density at radius 1 is 1.28 bits per heavy atom. The van der Waals surface area contributed by atoms with E-state index in [1.54, 1.807) is 0 Å². The molecule has 100 valence electrons. The smallest absolute Gasteiger partial charge is 0.120 e. The van der Waals surface area contributed by atoms with E-state index in [1.807, 2.05) is 19.1 Å². The van der Waals surface area contributed by atoms with Gasteiger partial charge in [0.15, 0.2) is 0 Å². The molecule has 0 aliphatic heterocycles. The van der Waals surface area contributed by atoms with Crippen LogP contribution >= 0.6 is 0 Å². The molecule has 1 aromatic carbocycles. The summed E-state index contributed by atoms with van der Waals surface area (Å²) in [6.07, 6.45) is 6.73. The third kappa shape index (κ3) is 3.49. The zero-order chi connectivity index (χ0) is 13.0. The number of hydrogen-bond acceptors (Lipinski definition) is 2. The Hall–Kier alpha value is -1.02. The van der Waals surface area contributed by atoms with Gasteiger partial charge in [-0.05, 0) is 56.2 Å². The van der Waals surface area contributed by atoms with E-state index >= 15 is 0 Å². The summed E-state index contributed by atoms with van der Waals surface area (Å²) in [5.74, 6) is 1.89. The third-order valence-electron chi connectivity index (χ3n) is 4.06. The molecular weight excluding hydrogens is 222 g/mol. The topological polar surface area (TPSA) is 35.2 Å². The molecule has 1 aliphatic carbocycles. The predicted octanol–water partition coefficient (Wildman–Crippen LogP) is 4.05. The highest BCUT2D eigenvalue weighted by Crippen LogP contribution is 2.29. The second-order valence-corrected chi connectivity index (χ2v) is 5.53. The summed E-state index contributed by atoms with van der Waals surface area (Å²) in [4.78, 5) is 0. The Labute approximate surface area is 111 Å². The number of ether oxygens (including phenoxy) is 1. The van der Waals surface area contributed by atoms with Crippen molar-refractivity contribution in [2.45, 2.75) is 58.1 Å². The molecule has 1 aliphatic rings. The van der Waals surface area contributed by atoms with Crippen LogP contribution in [-0.4, -0.2) is 6.10 Å². The molecule has 0 aromatic heterocycles. The average molecular weight is 247 g/mol. The Morgan fingerprint density at radius 3 is 2.61 bits per heavy atom. The fourth-order valence-electron chi connectivity index (χ4n) is 2.72. The van der Waals surface area contributed by atoms with Crippen LogP contribution in [0.1, 0.15) is 57.6 Å². The van der Waals surface area contributed by atoms with Crippen LogP contribution in [0.3, 0.4) is 0 Å². The highest BCUT2D eigenvalue weighted by molar-refractivity contribution is 5.30. The van der Waals surface area contributed by atoms with E-state index in [-0.39, 0.29) is 6.04 Å². The number of nitrogens with two attached hydrogens (primary N) is 1. The van der Waals surface area contributed by atoms with E-state index < -0.39 is 0 Å². The Bertz CT molecular complexity index is 367. The van der Waals surface area contributed by atoms with E-state index in [1.165, 1.54) is 32.1 Å². The Balaban J connectivity index is 1.92. The van der Waals surface area contributed by atoms with Crippen LogP contribution < -0.4 is 10.5 Å². The van der Waals surface area contributed by atoms with Crippen molar-refractivity contribution in [1.29, 1.82) is 0 Å². The number of benzene rings is 1. The van der Waals surface area contributed by atoms with Gasteiger partial charge < -0.3 is 10.5 Å². The molecule has 0 heterocycles. The molecule has 2 nitrogen and oxygen atoms in total. The van der Waals surface area contributed by atoms with E-state index in [2.05, 4.69) is 19.1 Å². The van der Waals surface area contributed by atoms with Crippen LogP contribution in [0.15, 0.2) is 24.3 Å². The average Bonchev–Trinajstić information content (AvgIpc) is 2.40.